The van der Waals surface area contributed by atoms with E-state index in [1.165, 1.54) is 0 Å². The molecule has 3 heterocycles. The van der Waals surface area contributed by atoms with E-state index in [4.69, 9.17) is 4.98 Å². The van der Waals surface area contributed by atoms with Gasteiger partial charge in [-0.25, -0.2) is 4.98 Å². The molecule has 0 bridgehead atoms. The lowest BCUT2D eigenvalue weighted by Crippen LogP contribution is -2.26. The minimum Gasteiger partial charge on any atom is -0.343 e. The van der Waals surface area contributed by atoms with Gasteiger partial charge in [-0.2, -0.15) is 5.26 Å². The van der Waals surface area contributed by atoms with Crippen molar-refractivity contribution < 1.29 is 0 Å². The monoisotopic (exact) mass is 335 g/mol. The Bertz CT molecular complexity index is 916. The topological polar surface area (TPSA) is 66.0 Å². The van der Waals surface area contributed by atoms with Crippen molar-refractivity contribution >= 4 is 23.3 Å². The third-order valence-electron chi connectivity index (χ3n) is 4.12. The van der Waals surface area contributed by atoms with Gasteiger partial charge in [-0.05, 0) is 32.1 Å². The predicted octanol–water partition coefficient (Wildman–Crippen LogP) is 3.28. The summed E-state index contributed by atoms with van der Waals surface area (Å²) in [4.78, 5) is 9.37. The van der Waals surface area contributed by atoms with Crippen LogP contribution in [0.4, 0.5) is 0 Å². The zero-order valence-corrected chi connectivity index (χ0v) is 14.4. The largest absolute Gasteiger partial charge is 0.343 e. The molecule has 2 aliphatic rings. The van der Waals surface area contributed by atoms with Gasteiger partial charge >= 0.3 is 0 Å². The number of hydrogen-bond acceptors (Lipinski definition) is 5. The number of rotatable bonds is 2. The summed E-state index contributed by atoms with van der Waals surface area (Å²) in [7, 11) is 0. The number of imidazole rings is 1. The lowest BCUT2D eigenvalue weighted by molar-refractivity contribution is 0.706. The van der Waals surface area contributed by atoms with Crippen molar-refractivity contribution in [2.24, 2.45) is 4.99 Å². The number of nitrogens with zero attached hydrogens (tertiary/aromatic N) is 4. The molecule has 1 N–H and O–H groups in total. The van der Waals surface area contributed by atoms with Crippen LogP contribution in [0.2, 0.25) is 0 Å². The highest BCUT2D eigenvalue weighted by atomic mass is 32.2. The van der Waals surface area contributed by atoms with Gasteiger partial charge in [0.15, 0.2) is 5.16 Å². The Kier molecular flexibility index (Phi) is 3.66. The van der Waals surface area contributed by atoms with Gasteiger partial charge in [0.1, 0.15) is 0 Å². The Hall–Kier alpha value is -2.52. The van der Waals surface area contributed by atoms with Crippen molar-refractivity contribution in [3.05, 3.63) is 41.6 Å². The Balaban J connectivity index is 1.89. The molecule has 1 atom stereocenters. The van der Waals surface area contributed by atoms with E-state index in [9.17, 15) is 5.26 Å². The third-order valence-corrected chi connectivity index (χ3v) is 5.08. The number of hydrogen-bond donors (Lipinski definition) is 1. The van der Waals surface area contributed by atoms with E-state index in [1.807, 2.05) is 31.2 Å². The van der Waals surface area contributed by atoms with Crippen LogP contribution in [-0.4, -0.2) is 27.2 Å². The smallest absolute Gasteiger partial charge is 0.169 e. The summed E-state index contributed by atoms with van der Waals surface area (Å²) in [5, 5.41) is 13.6. The van der Waals surface area contributed by atoms with E-state index >= 15 is 0 Å². The molecule has 0 radical (unpaired) electrons. The first-order valence-electron chi connectivity index (χ1n) is 7.93. The van der Waals surface area contributed by atoms with Gasteiger partial charge in [0.25, 0.3) is 0 Å². The molecule has 4 rings (SSSR count). The molecule has 0 aliphatic carbocycles. The van der Waals surface area contributed by atoms with Crippen molar-refractivity contribution in [2.75, 3.05) is 5.75 Å². The first-order valence-corrected chi connectivity index (χ1v) is 8.92. The number of fused-ring (bicyclic) bond motifs is 1. The van der Waals surface area contributed by atoms with Gasteiger partial charge in [-0.3, -0.25) is 4.99 Å². The first kappa shape index (κ1) is 15.0. The first-order chi connectivity index (χ1) is 11.7. The Morgan fingerprint density at radius 1 is 1.42 bits per heavy atom. The molecule has 0 fully saturated rings. The maximum atomic E-state index is 9.19. The maximum absolute atomic E-state index is 9.19. The zero-order chi connectivity index (χ0) is 16.7. The van der Waals surface area contributed by atoms with Crippen LogP contribution in [-0.2, 0) is 6.54 Å². The number of thioether (sulfide) groups is 1. The van der Waals surface area contributed by atoms with Crippen molar-refractivity contribution in [1.82, 2.24) is 14.9 Å². The fraction of sp³-hybridized carbons (Fsp3) is 0.278. The average Bonchev–Trinajstić information content (AvgIpc) is 3.14. The van der Waals surface area contributed by atoms with E-state index < -0.39 is 0 Å². The highest BCUT2D eigenvalue weighted by Gasteiger charge is 2.26. The summed E-state index contributed by atoms with van der Waals surface area (Å²) in [6.45, 7) is 5.01. The molecule has 1 aromatic carbocycles. The summed E-state index contributed by atoms with van der Waals surface area (Å²) in [6, 6.07) is 9.99. The summed E-state index contributed by atoms with van der Waals surface area (Å²) in [5.41, 5.74) is 4.69. The van der Waals surface area contributed by atoms with E-state index in [1.54, 1.807) is 11.8 Å². The van der Waals surface area contributed by atoms with Gasteiger partial charge in [0.05, 0.1) is 40.6 Å². The fourth-order valence-corrected chi connectivity index (χ4v) is 4.13. The number of nitrogens with one attached hydrogen (secondary N) is 1. The highest BCUT2D eigenvalue weighted by Crippen LogP contribution is 2.36. The van der Waals surface area contributed by atoms with Crippen LogP contribution in [0.15, 0.2) is 40.5 Å². The van der Waals surface area contributed by atoms with Gasteiger partial charge < -0.3 is 9.88 Å². The van der Waals surface area contributed by atoms with E-state index in [2.05, 4.69) is 33.9 Å². The molecule has 0 saturated carbocycles. The van der Waals surface area contributed by atoms with Crippen LogP contribution in [0.25, 0.3) is 17.0 Å². The summed E-state index contributed by atoms with van der Waals surface area (Å²) >= 11 is 1.77. The van der Waals surface area contributed by atoms with Crippen LogP contribution in [0.3, 0.4) is 0 Å². The minimum atomic E-state index is 0.139. The highest BCUT2D eigenvalue weighted by molar-refractivity contribution is 7.99. The van der Waals surface area contributed by atoms with Crippen molar-refractivity contribution in [3.8, 4) is 17.3 Å². The Morgan fingerprint density at radius 3 is 3.08 bits per heavy atom. The number of aliphatic imine (C=N–C) groups is 1. The lowest BCUT2D eigenvalue weighted by Gasteiger charge is -2.20. The molecule has 1 unspecified atom stereocenters. The quantitative estimate of drug-likeness (QED) is 0.914. The molecule has 120 valence electrons. The maximum Gasteiger partial charge on any atom is 0.169 e. The van der Waals surface area contributed by atoms with Crippen LogP contribution in [0.1, 0.15) is 25.1 Å². The molecular formula is C18H17N5S. The molecule has 2 aliphatic heterocycles. The molecule has 1 aromatic heterocycles. The third kappa shape index (κ3) is 2.51. The SMILES string of the molecule is CC1=NC(C)C=C(c2c(-c3cccc(C#N)c3)nc3n2CCS3)N1. The van der Waals surface area contributed by atoms with Gasteiger partial charge in [0.2, 0.25) is 0 Å². The van der Waals surface area contributed by atoms with Crippen LogP contribution in [0.5, 0.6) is 0 Å². The second kappa shape index (κ2) is 5.84. The molecular weight excluding hydrogens is 318 g/mol. The fourth-order valence-electron chi connectivity index (χ4n) is 3.18. The summed E-state index contributed by atoms with van der Waals surface area (Å²) in [6.07, 6.45) is 2.14. The van der Waals surface area contributed by atoms with Gasteiger partial charge in [-0.1, -0.05) is 23.9 Å². The van der Waals surface area contributed by atoms with Crippen molar-refractivity contribution in [1.29, 1.82) is 5.26 Å². The van der Waals surface area contributed by atoms with E-state index in [0.717, 1.165) is 45.9 Å². The number of benzene rings is 1. The van der Waals surface area contributed by atoms with E-state index in [-0.39, 0.29) is 6.04 Å². The van der Waals surface area contributed by atoms with Crippen molar-refractivity contribution in [2.45, 2.75) is 31.6 Å². The van der Waals surface area contributed by atoms with Crippen LogP contribution in [0, 0.1) is 11.3 Å². The van der Waals surface area contributed by atoms with Crippen LogP contribution < -0.4 is 5.32 Å². The van der Waals surface area contributed by atoms with Gasteiger partial charge in [0, 0.05) is 17.9 Å². The molecule has 0 saturated heterocycles. The molecule has 0 amide bonds. The zero-order valence-electron chi connectivity index (χ0n) is 13.6. The second-order valence-corrected chi connectivity index (χ2v) is 7.01. The molecule has 24 heavy (non-hydrogen) atoms. The average molecular weight is 335 g/mol. The number of aromatic nitrogens is 2. The van der Waals surface area contributed by atoms with Gasteiger partial charge in [-0.15, -0.1) is 0 Å². The molecule has 2 aromatic rings. The number of nitriles is 1. The standard InChI is InChI=1S/C18H17N5S/c1-11-8-15(21-12(2)20-11)17-16(22-18-23(17)6-7-24-18)14-5-3-4-13(9-14)10-19/h3-5,8-9,11H,6-7H2,1-2H3,(H,20,21). The van der Waals surface area contributed by atoms with Crippen molar-refractivity contribution in [3.63, 3.8) is 0 Å². The normalized spacial score (nSPS) is 19.1. The van der Waals surface area contributed by atoms with E-state index in [0.29, 0.717) is 5.56 Å². The Labute approximate surface area is 145 Å². The molecule has 5 nitrogen and oxygen atoms in total. The minimum absolute atomic E-state index is 0.139. The summed E-state index contributed by atoms with van der Waals surface area (Å²) in [5.74, 6) is 1.96. The summed E-state index contributed by atoms with van der Waals surface area (Å²) < 4.78 is 2.27. The predicted molar refractivity (Wildman–Crippen MR) is 96.8 cm³/mol. The second-order valence-electron chi connectivity index (χ2n) is 5.94. The van der Waals surface area contributed by atoms with Crippen LogP contribution >= 0.6 is 11.8 Å². The molecule has 6 heteroatoms. The molecule has 0 spiro atoms. The Morgan fingerprint density at radius 2 is 2.29 bits per heavy atom. The lowest BCUT2D eigenvalue weighted by atomic mass is 10.0. The number of amidine groups is 1.